The van der Waals surface area contributed by atoms with Gasteiger partial charge in [-0.25, -0.2) is 0 Å². The molecule has 0 saturated heterocycles. The summed E-state index contributed by atoms with van der Waals surface area (Å²) in [7, 11) is -1.53. The smallest absolute Gasteiger partial charge is 0.184 e. The van der Waals surface area contributed by atoms with Gasteiger partial charge in [0.15, 0.2) is 8.32 Å². The standard InChI is InChI=1S/C28H58O2Si/c1-9-10-11-12-13-14-15-16-17-18-19-20-21-22-23-29-27(25(2)3)24-28(26(4)5)30-31(6,7)8/h22-23,25-28H,9-21,24H2,1-8H3/b23-22-/t27-,28-/m1/s1. The Labute approximate surface area is 198 Å². The van der Waals surface area contributed by atoms with Crippen LogP contribution in [0.4, 0.5) is 0 Å². The van der Waals surface area contributed by atoms with Gasteiger partial charge in [0, 0.05) is 6.42 Å². The molecule has 0 fully saturated rings. The maximum atomic E-state index is 6.44. The van der Waals surface area contributed by atoms with Crippen molar-refractivity contribution in [2.75, 3.05) is 0 Å². The summed E-state index contributed by atoms with van der Waals surface area (Å²) in [6.45, 7) is 18.2. The molecule has 31 heavy (non-hydrogen) atoms. The highest BCUT2D eigenvalue weighted by Gasteiger charge is 2.27. The Morgan fingerprint density at radius 1 is 0.645 bits per heavy atom. The van der Waals surface area contributed by atoms with Crippen LogP contribution < -0.4 is 0 Å². The normalized spacial score (nSPS) is 14.6. The molecule has 0 rings (SSSR count). The van der Waals surface area contributed by atoms with E-state index in [1.807, 2.05) is 6.26 Å². The summed E-state index contributed by atoms with van der Waals surface area (Å²) in [4.78, 5) is 0. The van der Waals surface area contributed by atoms with Crippen LogP contribution in [0.25, 0.3) is 0 Å². The van der Waals surface area contributed by atoms with Gasteiger partial charge in [0.2, 0.25) is 0 Å². The molecular weight excluding hydrogens is 396 g/mol. The summed E-state index contributed by atoms with van der Waals surface area (Å²) < 4.78 is 12.6. The van der Waals surface area contributed by atoms with Crippen molar-refractivity contribution in [2.45, 2.75) is 156 Å². The molecule has 0 aliphatic carbocycles. The highest BCUT2D eigenvalue weighted by Crippen LogP contribution is 2.23. The summed E-state index contributed by atoms with van der Waals surface area (Å²) in [5, 5.41) is 0. The Morgan fingerprint density at radius 3 is 1.52 bits per heavy atom. The molecule has 0 aromatic rings. The van der Waals surface area contributed by atoms with Gasteiger partial charge in [-0.1, -0.05) is 105 Å². The predicted molar refractivity (Wildman–Crippen MR) is 142 cm³/mol. The molecule has 0 aromatic carbocycles. The fraction of sp³-hybridized carbons (Fsp3) is 0.929. The van der Waals surface area contributed by atoms with Gasteiger partial charge in [-0.15, -0.1) is 0 Å². The van der Waals surface area contributed by atoms with Gasteiger partial charge in [0.1, 0.15) is 6.10 Å². The highest BCUT2D eigenvalue weighted by atomic mass is 28.4. The summed E-state index contributed by atoms with van der Waals surface area (Å²) in [5.41, 5.74) is 0. The molecule has 3 heteroatoms. The second-order valence-electron chi connectivity index (χ2n) is 11.2. The van der Waals surface area contributed by atoms with Crippen molar-refractivity contribution in [3.63, 3.8) is 0 Å². The zero-order valence-electron chi connectivity index (χ0n) is 22.7. The second kappa shape index (κ2) is 19.2. The van der Waals surface area contributed by atoms with E-state index in [4.69, 9.17) is 9.16 Å². The fourth-order valence-electron chi connectivity index (χ4n) is 3.95. The molecule has 0 aliphatic heterocycles. The number of allylic oxidation sites excluding steroid dienone is 1. The summed E-state index contributed by atoms with van der Waals surface area (Å²) >= 11 is 0. The average Bonchev–Trinajstić information content (AvgIpc) is 2.67. The minimum Gasteiger partial charge on any atom is -0.498 e. The quantitative estimate of drug-likeness (QED) is 0.0975. The molecule has 0 saturated carbocycles. The van der Waals surface area contributed by atoms with Crippen molar-refractivity contribution < 1.29 is 9.16 Å². The van der Waals surface area contributed by atoms with Gasteiger partial charge in [0.05, 0.1) is 12.4 Å². The van der Waals surface area contributed by atoms with Gasteiger partial charge >= 0.3 is 0 Å². The number of rotatable bonds is 21. The molecule has 0 bridgehead atoms. The molecule has 0 N–H and O–H groups in total. The third-order valence-corrected chi connectivity index (χ3v) is 7.04. The van der Waals surface area contributed by atoms with E-state index >= 15 is 0 Å². The molecule has 2 nitrogen and oxygen atoms in total. The molecule has 0 amide bonds. The van der Waals surface area contributed by atoms with E-state index in [9.17, 15) is 0 Å². The van der Waals surface area contributed by atoms with Gasteiger partial charge in [-0.05, 0) is 50.4 Å². The molecule has 2 atom stereocenters. The first kappa shape index (κ1) is 30.7. The summed E-state index contributed by atoms with van der Waals surface area (Å²) in [5.74, 6) is 1.03. The lowest BCUT2D eigenvalue weighted by molar-refractivity contribution is 0.0308. The molecule has 0 heterocycles. The van der Waals surface area contributed by atoms with Crippen LogP contribution >= 0.6 is 0 Å². The third kappa shape index (κ3) is 20.1. The molecule has 186 valence electrons. The Bertz CT molecular complexity index is 412. The Balaban J connectivity index is 3.88. The third-order valence-electron chi connectivity index (χ3n) is 6.03. The van der Waals surface area contributed by atoms with Crippen molar-refractivity contribution in [1.82, 2.24) is 0 Å². The highest BCUT2D eigenvalue weighted by molar-refractivity contribution is 6.69. The molecule has 0 radical (unpaired) electrons. The number of unbranched alkanes of at least 4 members (excludes halogenated alkanes) is 12. The van der Waals surface area contributed by atoms with Gasteiger partial charge in [-0.3, -0.25) is 0 Å². The second-order valence-corrected chi connectivity index (χ2v) is 15.7. The van der Waals surface area contributed by atoms with E-state index in [2.05, 4.69) is 60.3 Å². The Kier molecular flexibility index (Phi) is 19.0. The van der Waals surface area contributed by atoms with Gasteiger partial charge < -0.3 is 9.16 Å². The Hall–Kier alpha value is -0.283. The monoisotopic (exact) mass is 454 g/mol. The molecule has 0 spiro atoms. The van der Waals surface area contributed by atoms with E-state index in [1.165, 1.54) is 77.0 Å². The van der Waals surface area contributed by atoms with Crippen LogP contribution in [-0.4, -0.2) is 20.5 Å². The molecule has 0 unspecified atom stereocenters. The number of hydrogen-bond donors (Lipinski definition) is 0. The maximum Gasteiger partial charge on any atom is 0.184 e. The first-order valence-electron chi connectivity index (χ1n) is 13.7. The first-order chi connectivity index (χ1) is 14.7. The van der Waals surface area contributed by atoms with Crippen LogP contribution in [0.15, 0.2) is 12.3 Å². The molecule has 0 aromatic heterocycles. The fourth-order valence-corrected chi connectivity index (χ4v) is 5.23. The van der Waals surface area contributed by atoms with Crippen LogP contribution in [0, 0.1) is 11.8 Å². The van der Waals surface area contributed by atoms with Crippen molar-refractivity contribution in [1.29, 1.82) is 0 Å². The van der Waals surface area contributed by atoms with Crippen molar-refractivity contribution in [3.05, 3.63) is 12.3 Å². The SMILES string of the molecule is CCCCCCCCCCCCCC/C=C\O[C@H](C[C@@H](O[Si](C)(C)C)C(C)C)C(C)C. The predicted octanol–water partition coefficient (Wildman–Crippen LogP) is 9.90. The van der Waals surface area contributed by atoms with Crippen LogP contribution in [0.2, 0.25) is 19.6 Å². The van der Waals surface area contributed by atoms with Crippen LogP contribution in [-0.2, 0) is 9.16 Å². The zero-order chi connectivity index (χ0) is 23.5. The maximum absolute atomic E-state index is 6.44. The lowest BCUT2D eigenvalue weighted by Gasteiger charge is -2.33. The van der Waals surface area contributed by atoms with Crippen LogP contribution in [0.1, 0.15) is 125 Å². The zero-order valence-corrected chi connectivity index (χ0v) is 23.7. The van der Waals surface area contributed by atoms with Crippen molar-refractivity contribution in [3.8, 4) is 0 Å². The van der Waals surface area contributed by atoms with Crippen LogP contribution in [0.5, 0.6) is 0 Å². The van der Waals surface area contributed by atoms with E-state index in [0.717, 1.165) is 12.8 Å². The average molecular weight is 455 g/mol. The number of ether oxygens (including phenoxy) is 1. The van der Waals surface area contributed by atoms with Gasteiger partial charge in [0.25, 0.3) is 0 Å². The van der Waals surface area contributed by atoms with E-state index < -0.39 is 8.32 Å². The lowest BCUT2D eigenvalue weighted by Crippen LogP contribution is -2.38. The van der Waals surface area contributed by atoms with Crippen LogP contribution in [0.3, 0.4) is 0 Å². The summed E-state index contributed by atoms with van der Waals surface area (Å²) in [6, 6.07) is 0. The minimum atomic E-state index is -1.53. The number of hydrogen-bond acceptors (Lipinski definition) is 2. The van der Waals surface area contributed by atoms with Gasteiger partial charge in [-0.2, -0.15) is 0 Å². The first-order valence-corrected chi connectivity index (χ1v) is 17.1. The molecular formula is C28H58O2Si. The molecule has 0 aliphatic rings. The van der Waals surface area contributed by atoms with Crippen molar-refractivity contribution in [2.24, 2.45) is 11.8 Å². The Morgan fingerprint density at radius 2 is 1.10 bits per heavy atom. The van der Waals surface area contributed by atoms with E-state index in [-0.39, 0.29) is 6.10 Å². The van der Waals surface area contributed by atoms with Crippen molar-refractivity contribution >= 4 is 8.32 Å². The van der Waals surface area contributed by atoms with E-state index in [0.29, 0.717) is 17.9 Å². The lowest BCUT2D eigenvalue weighted by atomic mass is 9.95. The summed E-state index contributed by atoms with van der Waals surface area (Å²) in [6.07, 6.45) is 23.7. The minimum absolute atomic E-state index is 0.238. The topological polar surface area (TPSA) is 18.5 Å². The largest absolute Gasteiger partial charge is 0.498 e. The van der Waals surface area contributed by atoms with E-state index in [1.54, 1.807) is 0 Å².